The van der Waals surface area contributed by atoms with E-state index in [1.165, 1.54) is 6.92 Å². The molecule has 0 aromatic rings. The molecule has 24 nitrogen and oxygen atoms in total. The Kier molecular flexibility index (Phi) is 26.5. The van der Waals surface area contributed by atoms with Crippen LogP contribution in [0.15, 0.2) is 0 Å². The Bertz CT molecular complexity index is 1400. The minimum Gasteiger partial charge on any atom is -0.481 e. The van der Waals surface area contributed by atoms with E-state index >= 15 is 0 Å². The normalized spacial score (nSPS) is 15.1. The summed E-state index contributed by atoms with van der Waals surface area (Å²) in [5.74, 6) is -9.14. The Morgan fingerprint density at radius 2 is 1.22 bits per heavy atom. The van der Waals surface area contributed by atoms with Gasteiger partial charge >= 0.3 is 5.97 Å². The van der Waals surface area contributed by atoms with Crippen molar-refractivity contribution < 1.29 is 63.3 Å². The second-order valence-electron chi connectivity index (χ2n) is 13.5. The minimum atomic E-state index is -1.89. The lowest BCUT2D eigenvalue weighted by Crippen LogP contribution is -2.62. The summed E-state index contributed by atoms with van der Waals surface area (Å²) >= 11 is 0. The van der Waals surface area contributed by atoms with Gasteiger partial charge in [0.1, 0.15) is 42.3 Å². The van der Waals surface area contributed by atoms with Gasteiger partial charge in [-0.25, -0.2) is 5.43 Å². The Balaban J connectivity index is 5.93. The topological polar surface area (TPSA) is 406 Å². The number of primary amides is 2. The molecule has 8 atom stereocenters. The summed E-state index contributed by atoms with van der Waals surface area (Å²) < 4.78 is 0. The maximum Gasteiger partial charge on any atom is 0.305 e. The van der Waals surface area contributed by atoms with E-state index in [1.54, 1.807) is 7.05 Å². The molecule has 0 saturated heterocycles. The van der Waals surface area contributed by atoms with Crippen molar-refractivity contribution in [2.75, 3.05) is 26.7 Å². The summed E-state index contributed by atoms with van der Waals surface area (Å²) in [7, 11) is 1.67. The standard InChI is InChI=1S/C34H61N11O13/c1-18(48)21(38-3)9-5-7-13-39-45-25(17-47)33(57)42-23(14-27(37)51)32(56)41-22(10-11-26(36)50)30(54)44-29(19(2)49)34(58)43-24(15-28(52)53)31(55)40-20(16-46)8-4-6-12-35/h16,19-25,29,38-39,45,47,49H,4-15,17,35H2,1-3H3,(H2,36,50)(H2,37,51)(H,40,55)(H,41,56)(H,42,57)(H,43,58)(H,44,54)(H,52,53)/t19-,20+,21?,22+,23?,24+,25+,29+/m1/s1. The number of Topliss-reactive ketones (excluding diaryl/α,β-unsaturated/α-hetero) is 1. The number of hydrogen-bond donors (Lipinski definition) is 14. The number of rotatable bonds is 33. The van der Waals surface area contributed by atoms with Crippen molar-refractivity contribution in [3.8, 4) is 0 Å². The molecule has 0 aliphatic carbocycles. The van der Waals surface area contributed by atoms with Crippen molar-refractivity contribution in [1.82, 2.24) is 42.8 Å². The van der Waals surface area contributed by atoms with Gasteiger partial charge in [-0.3, -0.25) is 48.6 Å². The van der Waals surface area contributed by atoms with Crippen LogP contribution in [0.5, 0.6) is 0 Å². The quantitative estimate of drug-likeness (QED) is 0.0166. The molecular formula is C34H61N11O13. The SMILES string of the molecule is CNC(CCCCNN[C@@H](CO)C(=O)NC(CC(N)=O)C(=O)N[C@@H](CCC(N)=O)C(=O)N[C@H](C(=O)N[C@@H](CC(=O)O)C(=O)N[C@H](C=O)CCCCN)[C@@H](C)O)C(C)=O. The van der Waals surface area contributed by atoms with E-state index in [2.05, 4.69) is 42.8 Å². The molecule has 0 fully saturated rings. The highest BCUT2D eigenvalue weighted by molar-refractivity contribution is 5.98. The lowest BCUT2D eigenvalue weighted by atomic mass is 10.1. The first-order valence-electron chi connectivity index (χ1n) is 18.7. The molecule has 0 aromatic heterocycles. The number of aliphatic carboxylic acids is 1. The first-order chi connectivity index (χ1) is 27.3. The summed E-state index contributed by atoms with van der Waals surface area (Å²) in [5.41, 5.74) is 21.3. The number of carbonyl (C=O) groups excluding carboxylic acids is 9. The fourth-order valence-electron chi connectivity index (χ4n) is 5.28. The number of carboxylic acids is 1. The van der Waals surface area contributed by atoms with Crippen LogP contribution in [0.2, 0.25) is 0 Å². The smallest absolute Gasteiger partial charge is 0.305 e. The zero-order chi connectivity index (χ0) is 44.4. The van der Waals surface area contributed by atoms with Crippen LogP contribution in [0.1, 0.15) is 78.1 Å². The van der Waals surface area contributed by atoms with Gasteiger partial charge in [-0.1, -0.05) is 6.42 Å². The van der Waals surface area contributed by atoms with Gasteiger partial charge in [-0.05, 0) is 66.0 Å². The Morgan fingerprint density at radius 1 is 0.672 bits per heavy atom. The number of unbranched alkanes of at least 4 members (excludes halogenated alkanes) is 2. The molecule has 0 rings (SSSR count). The van der Waals surface area contributed by atoms with Crippen LogP contribution in [0.3, 0.4) is 0 Å². The van der Waals surface area contributed by atoms with Crippen LogP contribution in [-0.4, -0.2) is 150 Å². The highest BCUT2D eigenvalue weighted by Gasteiger charge is 2.35. The number of nitrogens with one attached hydrogen (secondary N) is 8. The number of likely N-dealkylation sites (N-methyl/N-ethyl adjacent to an activating group) is 1. The number of ketones is 1. The van der Waals surface area contributed by atoms with E-state index < -0.39 is 122 Å². The van der Waals surface area contributed by atoms with Crippen molar-refractivity contribution in [2.24, 2.45) is 17.2 Å². The van der Waals surface area contributed by atoms with Crippen molar-refractivity contribution >= 4 is 59.4 Å². The molecule has 17 N–H and O–H groups in total. The minimum absolute atomic E-state index is 0.0151. The average Bonchev–Trinajstić information content (AvgIpc) is 3.14. The van der Waals surface area contributed by atoms with E-state index in [1.807, 2.05) is 0 Å². The first-order valence-corrected chi connectivity index (χ1v) is 18.7. The molecule has 2 unspecified atom stereocenters. The Labute approximate surface area is 335 Å². The van der Waals surface area contributed by atoms with Crippen LogP contribution in [-0.2, 0) is 47.9 Å². The van der Waals surface area contributed by atoms with E-state index in [0.717, 1.165) is 6.92 Å². The number of aliphatic hydroxyl groups is 2. The van der Waals surface area contributed by atoms with Crippen LogP contribution in [0.25, 0.3) is 0 Å². The van der Waals surface area contributed by atoms with Crippen molar-refractivity contribution in [2.45, 2.75) is 126 Å². The zero-order valence-corrected chi connectivity index (χ0v) is 33.0. The number of carbonyl (C=O) groups is 10. The molecular weight excluding hydrogens is 770 g/mol. The number of aliphatic hydroxyl groups excluding tert-OH is 2. The fraction of sp³-hybridized carbons (Fsp3) is 0.706. The predicted molar refractivity (Wildman–Crippen MR) is 204 cm³/mol. The van der Waals surface area contributed by atoms with Crippen molar-refractivity contribution in [3.05, 3.63) is 0 Å². The van der Waals surface area contributed by atoms with Gasteiger partial charge in [-0.15, -0.1) is 0 Å². The third-order valence-electron chi connectivity index (χ3n) is 8.55. The zero-order valence-electron chi connectivity index (χ0n) is 33.0. The lowest BCUT2D eigenvalue weighted by molar-refractivity contribution is -0.142. The van der Waals surface area contributed by atoms with Gasteiger partial charge < -0.3 is 69.2 Å². The van der Waals surface area contributed by atoms with Gasteiger partial charge in [0.05, 0.1) is 37.6 Å². The fourth-order valence-corrected chi connectivity index (χ4v) is 5.28. The van der Waals surface area contributed by atoms with Crippen LogP contribution in [0.4, 0.5) is 0 Å². The molecule has 0 spiro atoms. The highest BCUT2D eigenvalue weighted by atomic mass is 16.4. The summed E-state index contributed by atoms with van der Waals surface area (Å²) in [6.45, 7) is 2.40. The molecule has 58 heavy (non-hydrogen) atoms. The summed E-state index contributed by atoms with van der Waals surface area (Å²) in [6.07, 6.45) is -1.07. The van der Waals surface area contributed by atoms with E-state index in [0.29, 0.717) is 51.5 Å². The number of hydrazine groups is 1. The third kappa shape index (κ3) is 22.0. The van der Waals surface area contributed by atoms with Crippen molar-refractivity contribution in [1.29, 1.82) is 0 Å². The average molecular weight is 832 g/mol. The molecule has 24 heteroatoms. The van der Waals surface area contributed by atoms with E-state index in [4.69, 9.17) is 17.2 Å². The van der Waals surface area contributed by atoms with E-state index in [-0.39, 0.29) is 18.2 Å². The van der Waals surface area contributed by atoms with Gasteiger partial charge in [0, 0.05) is 13.0 Å². The molecule has 0 radical (unpaired) electrons. The molecule has 0 bridgehead atoms. The second-order valence-corrected chi connectivity index (χ2v) is 13.5. The summed E-state index contributed by atoms with van der Waals surface area (Å²) in [6, 6.07) is -9.79. The monoisotopic (exact) mass is 831 g/mol. The maximum atomic E-state index is 13.5. The molecule has 0 aromatic carbocycles. The van der Waals surface area contributed by atoms with Gasteiger partial charge in [-0.2, -0.15) is 0 Å². The molecule has 0 heterocycles. The van der Waals surface area contributed by atoms with Crippen LogP contribution < -0.4 is 60.0 Å². The molecule has 0 aliphatic rings. The van der Waals surface area contributed by atoms with Crippen molar-refractivity contribution in [3.63, 3.8) is 0 Å². The Morgan fingerprint density at radius 3 is 1.74 bits per heavy atom. The number of carboxylic acid groups (broad SMARTS) is 1. The van der Waals surface area contributed by atoms with Gasteiger partial charge in [0.25, 0.3) is 0 Å². The third-order valence-corrected chi connectivity index (χ3v) is 8.55. The molecule has 0 aliphatic heterocycles. The molecule has 0 saturated carbocycles. The summed E-state index contributed by atoms with van der Waals surface area (Å²) in [5, 5.41) is 43.6. The maximum absolute atomic E-state index is 13.5. The number of hydrogen-bond acceptors (Lipinski definition) is 16. The van der Waals surface area contributed by atoms with E-state index in [9.17, 15) is 63.3 Å². The number of aldehydes is 1. The lowest BCUT2D eigenvalue weighted by Gasteiger charge is -2.27. The Hall–Kier alpha value is -5.14. The number of nitrogens with two attached hydrogens (primary N) is 3. The number of amides is 7. The first kappa shape index (κ1) is 52.9. The largest absolute Gasteiger partial charge is 0.481 e. The second kappa shape index (κ2) is 29.1. The van der Waals surface area contributed by atoms with Gasteiger partial charge in [0.2, 0.25) is 41.4 Å². The van der Waals surface area contributed by atoms with Crippen LogP contribution >= 0.6 is 0 Å². The molecule has 330 valence electrons. The summed E-state index contributed by atoms with van der Waals surface area (Å²) in [4.78, 5) is 124. The highest BCUT2D eigenvalue weighted by Crippen LogP contribution is 2.06. The van der Waals surface area contributed by atoms with Crippen LogP contribution in [0, 0.1) is 0 Å². The molecule has 7 amide bonds. The van der Waals surface area contributed by atoms with Gasteiger partial charge in [0.15, 0.2) is 0 Å². The predicted octanol–water partition coefficient (Wildman–Crippen LogP) is -6.46.